The van der Waals surface area contributed by atoms with E-state index in [1.54, 1.807) is 25.1 Å². The van der Waals surface area contributed by atoms with Crippen LogP contribution in [0.4, 0.5) is 5.00 Å². The van der Waals surface area contributed by atoms with Crippen LogP contribution in [0.5, 0.6) is 0 Å². The molecule has 0 fully saturated rings. The van der Waals surface area contributed by atoms with Crippen LogP contribution in [0, 0.1) is 18.3 Å². The van der Waals surface area contributed by atoms with Crippen molar-refractivity contribution in [2.75, 3.05) is 18.9 Å². The molecule has 3 N–H and O–H groups in total. The number of carbonyl (C=O) groups excluding carboxylic acids is 3. The van der Waals surface area contributed by atoms with Crippen molar-refractivity contribution in [2.24, 2.45) is 0 Å². The van der Waals surface area contributed by atoms with E-state index in [4.69, 9.17) is 15.2 Å². The molecule has 28 heavy (non-hydrogen) atoms. The lowest BCUT2D eigenvalue weighted by Crippen LogP contribution is -2.30. The van der Waals surface area contributed by atoms with Gasteiger partial charge in [0, 0.05) is 11.1 Å². The molecule has 1 aromatic carbocycles. The molecular formula is C19H19N3O5S. The summed E-state index contributed by atoms with van der Waals surface area (Å²) in [6.45, 7) is 2.97. The number of rotatable bonds is 7. The lowest BCUT2D eigenvalue weighted by Gasteiger charge is -2.08. The number of nitrogens with one attached hydrogen (secondary N) is 1. The number of thiophene rings is 1. The molecule has 0 unspecified atom stereocenters. The van der Waals surface area contributed by atoms with E-state index < -0.39 is 17.8 Å². The fourth-order valence-electron chi connectivity index (χ4n) is 2.35. The molecule has 1 heterocycles. The maximum atomic E-state index is 12.1. The van der Waals surface area contributed by atoms with Gasteiger partial charge in [-0.3, -0.25) is 9.59 Å². The van der Waals surface area contributed by atoms with E-state index in [0.29, 0.717) is 5.56 Å². The Morgan fingerprint density at radius 2 is 2.04 bits per heavy atom. The Hall–Kier alpha value is -3.38. The Morgan fingerprint density at radius 1 is 1.29 bits per heavy atom. The molecule has 2 aromatic rings. The van der Waals surface area contributed by atoms with Crippen LogP contribution in [0.3, 0.4) is 0 Å². The number of esters is 2. The van der Waals surface area contributed by atoms with Crippen molar-refractivity contribution < 1.29 is 23.9 Å². The van der Waals surface area contributed by atoms with Crippen molar-refractivity contribution in [1.82, 2.24) is 5.32 Å². The number of aryl methyl sites for hydroxylation is 1. The monoisotopic (exact) mass is 401 g/mol. The van der Waals surface area contributed by atoms with Gasteiger partial charge in [-0.1, -0.05) is 17.7 Å². The Kier molecular flexibility index (Phi) is 7.12. The van der Waals surface area contributed by atoms with Crippen LogP contribution >= 0.6 is 11.3 Å². The zero-order valence-electron chi connectivity index (χ0n) is 15.4. The van der Waals surface area contributed by atoms with Crippen LogP contribution in [0.2, 0.25) is 0 Å². The molecular weight excluding hydrogens is 382 g/mol. The summed E-state index contributed by atoms with van der Waals surface area (Å²) in [6, 6.07) is 8.82. The van der Waals surface area contributed by atoms with E-state index in [2.05, 4.69) is 5.32 Å². The fourth-order valence-corrected chi connectivity index (χ4v) is 3.27. The number of carbonyl (C=O) groups is 3. The first kappa shape index (κ1) is 20.9. The van der Waals surface area contributed by atoms with Crippen LogP contribution in [0.1, 0.15) is 43.6 Å². The minimum Gasteiger partial charge on any atom is -0.462 e. The summed E-state index contributed by atoms with van der Waals surface area (Å²) < 4.78 is 10.0. The molecule has 0 aliphatic carbocycles. The maximum Gasteiger partial charge on any atom is 0.348 e. The molecule has 0 saturated heterocycles. The Morgan fingerprint density at radius 3 is 2.68 bits per heavy atom. The zero-order valence-corrected chi connectivity index (χ0v) is 16.2. The van der Waals surface area contributed by atoms with Gasteiger partial charge >= 0.3 is 11.9 Å². The Bertz CT molecular complexity index is 946. The SMILES string of the molecule is CCOC(=O)c1sc(N)c(C#N)c1COC(=O)CNC(=O)c1cccc(C)c1. The number of amides is 1. The molecule has 0 aliphatic rings. The quantitative estimate of drug-likeness (QED) is 0.680. The van der Waals surface area contributed by atoms with Crippen LogP contribution in [0.25, 0.3) is 0 Å². The molecule has 0 radical (unpaired) electrons. The predicted octanol–water partition coefficient (Wildman–Crippen LogP) is 2.16. The number of nitriles is 1. The predicted molar refractivity (Wildman–Crippen MR) is 103 cm³/mol. The molecule has 0 spiro atoms. The van der Waals surface area contributed by atoms with Crippen LogP contribution < -0.4 is 11.1 Å². The highest BCUT2D eigenvalue weighted by Crippen LogP contribution is 2.31. The first-order chi connectivity index (χ1) is 13.4. The first-order valence-corrected chi connectivity index (χ1v) is 9.17. The third-order valence-corrected chi connectivity index (χ3v) is 4.70. The number of ether oxygens (including phenoxy) is 2. The second-order valence-corrected chi connectivity index (χ2v) is 6.75. The summed E-state index contributed by atoms with van der Waals surface area (Å²) in [7, 11) is 0. The van der Waals surface area contributed by atoms with E-state index in [0.717, 1.165) is 16.9 Å². The molecule has 0 atom stereocenters. The minimum atomic E-state index is -0.718. The highest BCUT2D eigenvalue weighted by molar-refractivity contribution is 7.18. The van der Waals surface area contributed by atoms with Crippen molar-refractivity contribution >= 4 is 34.2 Å². The highest BCUT2D eigenvalue weighted by atomic mass is 32.1. The van der Waals surface area contributed by atoms with Crippen LogP contribution in [-0.4, -0.2) is 31.0 Å². The topological polar surface area (TPSA) is 132 Å². The van der Waals surface area contributed by atoms with E-state index in [9.17, 15) is 19.6 Å². The molecule has 9 heteroatoms. The van der Waals surface area contributed by atoms with Crippen LogP contribution in [0.15, 0.2) is 24.3 Å². The third-order valence-electron chi connectivity index (χ3n) is 3.66. The maximum absolute atomic E-state index is 12.1. The Labute approximate surface area is 165 Å². The fraction of sp³-hybridized carbons (Fsp3) is 0.263. The van der Waals surface area contributed by atoms with Gasteiger partial charge in [-0.05, 0) is 26.0 Å². The lowest BCUT2D eigenvalue weighted by molar-refractivity contribution is -0.143. The summed E-state index contributed by atoms with van der Waals surface area (Å²) in [4.78, 5) is 36.2. The van der Waals surface area contributed by atoms with E-state index >= 15 is 0 Å². The molecule has 1 aromatic heterocycles. The zero-order chi connectivity index (χ0) is 20.7. The molecule has 146 valence electrons. The van der Waals surface area contributed by atoms with Gasteiger partial charge in [0.1, 0.15) is 29.1 Å². The molecule has 0 bridgehead atoms. The second kappa shape index (κ2) is 9.53. The number of anilines is 1. The molecule has 0 aliphatic heterocycles. The molecule has 2 rings (SSSR count). The van der Waals surface area contributed by atoms with Gasteiger partial charge in [0.2, 0.25) is 0 Å². The summed E-state index contributed by atoms with van der Waals surface area (Å²) in [6.07, 6.45) is 0. The largest absolute Gasteiger partial charge is 0.462 e. The van der Waals surface area contributed by atoms with E-state index in [1.165, 1.54) is 0 Å². The van der Waals surface area contributed by atoms with Gasteiger partial charge in [0.15, 0.2) is 0 Å². The average Bonchev–Trinajstić information content (AvgIpc) is 3.00. The number of hydrogen-bond donors (Lipinski definition) is 2. The summed E-state index contributed by atoms with van der Waals surface area (Å²) >= 11 is 0.902. The van der Waals surface area contributed by atoms with Gasteiger partial charge in [0.05, 0.1) is 12.2 Å². The molecule has 1 amide bonds. The van der Waals surface area contributed by atoms with Crippen molar-refractivity contribution in [2.45, 2.75) is 20.5 Å². The van der Waals surface area contributed by atoms with Gasteiger partial charge in [-0.15, -0.1) is 11.3 Å². The minimum absolute atomic E-state index is 0.0737. The number of nitrogen functional groups attached to an aromatic ring is 1. The smallest absolute Gasteiger partial charge is 0.348 e. The van der Waals surface area contributed by atoms with E-state index in [1.807, 2.05) is 19.1 Å². The second-order valence-electron chi connectivity index (χ2n) is 5.69. The molecule has 0 saturated carbocycles. The standard InChI is InChI=1S/C19H19N3O5S/c1-3-26-19(25)16-14(13(8-20)17(21)28-16)10-27-15(23)9-22-18(24)12-6-4-5-11(2)7-12/h4-7H,3,9-10,21H2,1-2H3,(H,22,24). The van der Waals surface area contributed by atoms with Gasteiger partial charge in [0.25, 0.3) is 5.91 Å². The number of benzene rings is 1. The number of nitrogens with two attached hydrogens (primary N) is 1. The van der Waals surface area contributed by atoms with Crippen molar-refractivity contribution in [3.63, 3.8) is 0 Å². The van der Waals surface area contributed by atoms with Crippen molar-refractivity contribution in [3.8, 4) is 6.07 Å². The van der Waals surface area contributed by atoms with Crippen molar-refractivity contribution in [1.29, 1.82) is 5.26 Å². The van der Waals surface area contributed by atoms with Gasteiger partial charge in [-0.2, -0.15) is 5.26 Å². The summed E-state index contributed by atoms with van der Waals surface area (Å²) in [5.41, 5.74) is 7.37. The first-order valence-electron chi connectivity index (χ1n) is 8.36. The lowest BCUT2D eigenvalue weighted by atomic mass is 10.1. The van der Waals surface area contributed by atoms with Crippen LogP contribution in [-0.2, 0) is 20.9 Å². The Balaban J connectivity index is 2.00. The average molecular weight is 401 g/mol. The van der Waals surface area contributed by atoms with Gasteiger partial charge in [-0.25, -0.2) is 4.79 Å². The normalized spacial score (nSPS) is 10.0. The third kappa shape index (κ3) is 5.08. The highest BCUT2D eigenvalue weighted by Gasteiger charge is 2.24. The number of nitrogens with zero attached hydrogens (tertiary/aromatic N) is 1. The molecule has 8 nitrogen and oxygen atoms in total. The van der Waals surface area contributed by atoms with Gasteiger partial charge < -0.3 is 20.5 Å². The summed E-state index contributed by atoms with van der Waals surface area (Å²) in [5, 5.41) is 11.8. The van der Waals surface area contributed by atoms with Crippen molar-refractivity contribution in [3.05, 3.63) is 51.4 Å². The number of hydrogen-bond acceptors (Lipinski definition) is 8. The summed E-state index contributed by atoms with van der Waals surface area (Å²) in [5.74, 6) is -1.77. The van der Waals surface area contributed by atoms with E-state index in [-0.39, 0.29) is 40.8 Å².